The standard InChI is InChI=1S/C15H20F3N3OS.ClH/c16-15(17,18)23-13-4-2-12(3-5-13)14(22)20-6-1-9-21-10-7-19-8-11-21;/h2-5,19H,1,6-11H2,(H,20,22);1H. The average Bonchev–Trinajstić information content (AvgIpc) is 2.51. The fourth-order valence-corrected chi connectivity index (χ4v) is 2.89. The lowest BCUT2D eigenvalue weighted by Gasteiger charge is -2.27. The van der Waals surface area contributed by atoms with Crippen LogP contribution in [0, 0.1) is 0 Å². The zero-order chi connectivity index (χ0) is 16.7. The van der Waals surface area contributed by atoms with Crippen molar-refractivity contribution in [2.75, 3.05) is 39.3 Å². The Morgan fingerprint density at radius 2 is 1.83 bits per heavy atom. The maximum Gasteiger partial charge on any atom is 0.446 e. The van der Waals surface area contributed by atoms with Crippen LogP contribution < -0.4 is 10.6 Å². The molecule has 1 heterocycles. The monoisotopic (exact) mass is 383 g/mol. The maximum atomic E-state index is 12.2. The molecule has 2 N–H and O–H groups in total. The van der Waals surface area contributed by atoms with E-state index in [0.717, 1.165) is 39.1 Å². The minimum atomic E-state index is -4.31. The van der Waals surface area contributed by atoms with Crippen molar-refractivity contribution in [2.24, 2.45) is 0 Å². The number of hydrogen-bond acceptors (Lipinski definition) is 4. The molecular formula is C15H21ClF3N3OS. The fraction of sp³-hybridized carbons (Fsp3) is 0.533. The Kier molecular flexibility index (Phi) is 8.90. The molecule has 0 saturated carbocycles. The van der Waals surface area contributed by atoms with Crippen molar-refractivity contribution in [1.29, 1.82) is 0 Å². The van der Waals surface area contributed by atoms with Gasteiger partial charge in [0.1, 0.15) is 0 Å². The van der Waals surface area contributed by atoms with Gasteiger partial charge in [-0.1, -0.05) is 0 Å². The largest absolute Gasteiger partial charge is 0.446 e. The van der Waals surface area contributed by atoms with E-state index >= 15 is 0 Å². The second-order valence-corrected chi connectivity index (χ2v) is 6.41. The van der Waals surface area contributed by atoms with Crippen LogP contribution in [0.4, 0.5) is 13.2 Å². The number of carbonyl (C=O) groups excluding carboxylic acids is 1. The van der Waals surface area contributed by atoms with Crippen molar-refractivity contribution in [3.05, 3.63) is 29.8 Å². The lowest BCUT2D eigenvalue weighted by molar-refractivity contribution is -0.0328. The first-order valence-electron chi connectivity index (χ1n) is 7.51. The Balaban J connectivity index is 0.00000288. The van der Waals surface area contributed by atoms with Gasteiger partial charge in [-0.05, 0) is 49.0 Å². The molecule has 1 aromatic rings. The maximum absolute atomic E-state index is 12.2. The van der Waals surface area contributed by atoms with Crippen LogP contribution in [0.5, 0.6) is 0 Å². The lowest BCUT2D eigenvalue weighted by Crippen LogP contribution is -2.44. The fourth-order valence-electron chi connectivity index (χ4n) is 2.35. The van der Waals surface area contributed by atoms with Crippen LogP contribution in [0.15, 0.2) is 29.2 Å². The van der Waals surface area contributed by atoms with Gasteiger partial charge in [-0.2, -0.15) is 13.2 Å². The highest BCUT2D eigenvalue weighted by molar-refractivity contribution is 8.00. The third-order valence-corrected chi connectivity index (χ3v) is 4.24. The molecule has 9 heteroatoms. The summed E-state index contributed by atoms with van der Waals surface area (Å²) >= 11 is -0.184. The van der Waals surface area contributed by atoms with Crippen LogP contribution >= 0.6 is 24.2 Å². The Hall–Kier alpha value is -0.960. The minimum Gasteiger partial charge on any atom is -0.352 e. The molecule has 1 saturated heterocycles. The number of carbonyl (C=O) groups is 1. The summed E-state index contributed by atoms with van der Waals surface area (Å²) in [7, 11) is 0. The Morgan fingerprint density at radius 3 is 2.42 bits per heavy atom. The van der Waals surface area contributed by atoms with Gasteiger partial charge in [0.25, 0.3) is 5.91 Å². The molecule has 0 aliphatic carbocycles. The second-order valence-electron chi connectivity index (χ2n) is 5.27. The summed E-state index contributed by atoms with van der Waals surface area (Å²) in [5, 5.41) is 6.08. The Bertz CT molecular complexity index is 508. The highest BCUT2D eigenvalue weighted by Crippen LogP contribution is 2.36. The average molecular weight is 384 g/mol. The molecular weight excluding hydrogens is 363 g/mol. The number of amides is 1. The van der Waals surface area contributed by atoms with Gasteiger partial charge in [0.15, 0.2) is 0 Å². The molecule has 0 aromatic heterocycles. The van der Waals surface area contributed by atoms with Gasteiger partial charge in [-0.25, -0.2) is 0 Å². The van der Waals surface area contributed by atoms with E-state index in [1.54, 1.807) is 0 Å². The van der Waals surface area contributed by atoms with E-state index in [-0.39, 0.29) is 35.0 Å². The van der Waals surface area contributed by atoms with E-state index < -0.39 is 5.51 Å². The minimum absolute atomic E-state index is 0. The van der Waals surface area contributed by atoms with Crippen LogP contribution in [-0.4, -0.2) is 55.6 Å². The molecule has 1 fully saturated rings. The number of benzene rings is 1. The van der Waals surface area contributed by atoms with Crippen molar-refractivity contribution >= 4 is 30.1 Å². The first kappa shape index (κ1) is 21.1. The van der Waals surface area contributed by atoms with E-state index in [1.807, 2.05) is 0 Å². The SMILES string of the molecule is Cl.O=C(NCCCN1CCNCC1)c1ccc(SC(F)(F)F)cc1. The molecule has 1 aliphatic rings. The molecule has 0 radical (unpaired) electrons. The first-order chi connectivity index (χ1) is 10.9. The number of thioether (sulfide) groups is 1. The molecule has 1 aliphatic heterocycles. The molecule has 136 valence electrons. The number of alkyl halides is 3. The summed E-state index contributed by atoms with van der Waals surface area (Å²) in [5.41, 5.74) is -3.94. The van der Waals surface area contributed by atoms with Gasteiger partial charge >= 0.3 is 5.51 Å². The molecule has 1 aromatic carbocycles. The van der Waals surface area contributed by atoms with Gasteiger partial charge in [0.05, 0.1) is 0 Å². The molecule has 24 heavy (non-hydrogen) atoms. The number of piperazine rings is 1. The summed E-state index contributed by atoms with van der Waals surface area (Å²) in [5.74, 6) is -0.256. The Morgan fingerprint density at radius 1 is 1.21 bits per heavy atom. The topological polar surface area (TPSA) is 44.4 Å². The van der Waals surface area contributed by atoms with Gasteiger partial charge in [-0.15, -0.1) is 12.4 Å². The van der Waals surface area contributed by atoms with Crippen molar-refractivity contribution in [3.8, 4) is 0 Å². The van der Waals surface area contributed by atoms with E-state index in [2.05, 4.69) is 15.5 Å². The molecule has 4 nitrogen and oxygen atoms in total. The first-order valence-corrected chi connectivity index (χ1v) is 8.33. The predicted molar refractivity (Wildman–Crippen MR) is 91.9 cm³/mol. The van der Waals surface area contributed by atoms with Crippen LogP contribution in [0.2, 0.25) is 0 Å². The number of hydrogen-bond donors (Lipinski definition) is 2. The third kappa shape index (κ3) is 7.74. The number of nitrogens with zero attached hydrogens (tertiary/aromatic N) is 1. The predicted octanol–water partition coefficient (Wildman–Crippen LogP) is 2.75. The van der Waals surface area contributed by atoms with E-state index in [9.17, 15) is 18.0 Å². The summed E-state index contributed by atoms with van der Waals surface area (Å²) < 4.78 is 36.7. The van der Waals surface area contributed by atoms with E-state index in [4.69, 9.17) is 0 Å². The molecule has 0 atom stereocenters. The molecule has 0 unspecified atom stereocenters. The van der Waals surface area contributed by atoms with Crippen molar-refractivity contribution < 1.29 is 18.0 Å². The van der Waals surface area contributed by atoms with Crippen LogP contribution in [0.25, 0.3) is 0 Å². The van der Waals surface area contributed by atoms with Gasteiger partial charge in [-0.3, -0.25) is 4.79 Å². The van der Waals surface area contributed by atoms with Crippen molar-refractivity contribution in [3.63, 3.8) is 0 Å². The normalized spacial score (nSPS) is 15.6. The van der Waals surface area contributed by atoms with Crippen molar-refractivity contribution in [1.82, 2.24) is 15.5 Å². The number of rotatable bonds is 6. The lowest BCUT2D eigenvalue weighted by atomic mass is 10.2. The third-order valence-electron chi connectivity index (χ3n) is 3.50. The van der Waals surface area contributed by atoms with Crippen LogP contribution in [0.1, 0.15) is 16.8 Å². The molecule has 0 spiro atoms. The highest BCUT2D eigenvalue weighted by atomic mass is 35.5. The second kappa shape index (κ2) is 10.1. The Labute approximate surface area is 150 Å². The van der Waals surface area contributed by atoms with E-state index in [1.165, 1.54) is 24.3 Å². The zero-order valence-corrected chi connectivity index (χ0v) is 14.7. The van der Waals surface area contributed by atoms with E-state index in [0.29, 0.717) is 12.1 Å². The smallest absolute Gasteiger partial charge is 0.352 e. The zero-order valence-electron chi connectivity index (χ0n) is 13.1. The summed E-state index contributed by atoms with van der Waals surface area (Å²) in [4.78, 5) is 14.3. The van der Waals surface area contributed by atoms with Crippen molar-refractivity contribution in [2.45, 2.75) is 16.8 Å². The number of nitrogens with one attached hydrogen (secondary N) is 2. The molecule has 1 amide bonds. The van der Waals surface area contributed by atoms with Gasteiger partial charge in [0.2, 0.25) is 0 Å². The summed E-state index contributed by atoms with van der Waals surface area (Å²) in [6, 6.07) is 5.46. The van der Waals surface area contributed by atoms with Gasteiger partial charge < -0.3 is 15.5 Å². The highest BCUT2D eigenvalue weighted by Gasteiger charge is 2.29. The quantitative estimate of drug-likeness (QED) is 0.585. The van der Waals surface area contributed by atoms with Gasteiger partial charge in [0, 0.05) is 43.2 Å². The molecule has 0 bridgehead atoms. The van der Waals surface area contributed by atoms with Crippen LogP contribution in [0.3, 0.4) is 0 Å². The van der Waals surface area contributed by atoms with Crippen LogP contribution in [-0.2, 0) is 0 Å². The molecule has 2 rings (SSSR count). The summed E-state index contributed by atoms with van der Waals surface area (Å²) in [6.07, 6.45) is 0.855. The number of halogens is 4. The summed E-state index contributed by atoms with van der Waals surface area (Å²) in [6.45, 7) is 5.52.